The summed E-state index contributed by atoms with van der Waals surface area (Å²) < 4.78 is 5.32. The van der Waals surface area contributed by atoms with Crippen LogP contribution < -0.4 is 10.2 Å². The van der Waals surface area contributed by atoms with Crippen molar-refractivity contribution in [1.29, 1.82) is 0 Å². The molecule has 1 atom stereocenters. The Balaban J connectivity index is 2.31. The summed E-state index contributed by atoms with van der Waals surface area (Å²) in [6.45, 7) is 4.40. The lowest BCUT2D eigenvalue weighted by Gasteiger charge is -2.29. The molecular weight excluding hydrogens is 280 g/mol. The highest BCUT2D eigenvalue weighted by Crippen LogP contribution is 2.31. The monoisotopic (exact) mass is 296 g/mol. The van der Waals surface area contributed by atoms with Crippen molar-refractivity contribution in [2.45, 2.75) is 12.3 Å². The summed E-state index contributed by atoms with van der Waals surface area (Å²) in [6.07, 6.45) is 0.649. The third kappa shape index (κ3) is 3.49. The maximum absolute atomic E-state index is 11.3. The molecular formula is C14H17ClN2O3. The average Bonchev–Trinajstić information content (AvgIpc) is 2.46. The first-order valence-corrected chi connectivity index (χ1v) is 6.89. The molecule has 6 heteroatoms. The van der Waals surface area contributed by atoms with E-state index in [0.29, 0.717) is 30.8 Å². The Morgan fingerprint density at radius 1 is 1.45 bits per heavy atom. The summed E-state index contributed by atoms with van der Waals surface area (Å²) in [4.78, 5) is 24.3. The number of hydrogen-bond donors (Lipinski definition) is 1. The first kappa shape index (κ1) is 14.8. The van der Waals surface area contributed by atoms with Crippen molar-refractivity contribution in [2.75, 3.05) is 36.5 Å². The fourth-order valence-corrected chi connectivity index (χ4v) is 2.36. The molecule has 1 aromatic carbocycles. The van der Waals surface area contributed by atoms with Gasteiger partial charge in [0, 0.05) is 37.0 Å². The van der Waals surface area contributed by atoms with Crippen molar-refractivity contribution in [2.24, 2.45) is 0 Å². The van der Waals surface area contributed by atoms with Gasteiger partial charge in [0.05, 0.1) is 13.2 Å². The lowest BCUT2D eigenvalue weighted by atomic mass is 10.1. The zero-order valence-corrected chi connectivity index (χ0v) is 12.0. The molecule has 108 valence electrons. The van der Waals surface area contributed by atoms with Gasteiger partial charge in [0.25, 0.3) is 0 Å². The SMILES string of the molecule is CC(=O)Nc1cc(N2CCOCC2)ccc1C(Cl)C=O. The van der Waals surface area contributed by atoms with Crippen LogP contribution in [0.2, 0.25) is 0 Å². The molecule has 1 aliphatic heterocycles. The summed E-state index contributed by atoms with van der Waals surface area (Å²) >= 11 is 5.96. The van der Waals surface area contributed by atoms with Crippen molar-refractivity contribution in [1.82, 2.24) is 0 Å². The van der Waals surface area contributed by atoms with E-state index in [2.05, 4.69) is 10.2 Å². The summed E-state index contributed by atoms with van der Waals surface area (Å²) in [7, 11) is 0. The van der Waals surface area contributed by atoms with Crippen LogP contribution in [0, 0.1) is 0 Å². The number of aldehydes is 1. The number of carbonyl (C=O) groups is 2. The Hall–Kier alpha value is -1.59. The lowest BCUT2D eigenvalue weighted by Crippen LogP contribution is -2.36. The minimum Gasteiger partial charge on any atom is -0.378 e. The van der Waals surface area contributed by atoms with Gasteiger partial charge in [0.1, 0.15) is 11.7 Å². The molecule has 0 bridgehead atoms. The zero-order valence-electron chi connectivity index (χ0n) is 11.3. The van der Waals surface area contributed by atoms with E-state index in [1.54, 1.807) is 6.07 Å². The number of anilines is 2. The molecule has 1 N–H and O–H groups in total. The Labute approximate surface area is 122 Å². The van der Waals surface area contributed by atoms with Crippen LogP contribution in [0.4, 0.5) is 11.4 Å². The largest absolute Gasteiger partial charge is 0.378 e. The number of ether oxygens (including phenoxy) is 1. The lowest BCUT2D eigenvalue weighted by molar-refractivity contribution is -0.114. The van der Waals surface area contributed by atoms with Crippen molar-refractivity contribution in [3.8, 4) is 0 Å². The van der Waals surface area contributed by atoms with Crippen LogP contribution in [-0.2, 0) is 14.3 Å². The number of nitrogens with one attached hydrogen (secondary N) is 1. The van der Waals surface area contributed by atoms with Crippen LogP contribution in [0.15, 0.2) is 18.2 Å². The standard InChI is InChI=1S/C14H17ClN2O3/c1-10(19)16-14-8-11(17-4-6-20-7-5-17)2-3-12(14)13(15)9-18/h2-3,8-9,13H,4-7H2,1H3,(H,16,19). The first-order valence-electron chi connectivity index (χ1n) is 6.45. The minimum absolute atomic E-state index is 0.194. The molecule has 2 rings (SSSR count). The van der Waals surface area contributed by atoms with Crippen LogP contribution in [0.1, 0.15) is 17.9 Å². The van der Waals surface area contributed by atoms with Gasteiger partial charge in [-0.1, -0.05) is 6.07 Å². The van der Waals surface area contributed by atoms with E-state index in [1.807, 2.05) is 12.1 Å². The zero-order chi connectivity index (χ0) is 14.5. The van der Waals surface area contributed by atoms with E-state index in [0.717, 1.165) is 18.8 Å². The van der Waals surface area contributed by atoms with Crippen LogP contribution >= 0.6 is 11.6 Å². The molecule has 5 nitrogen and oxygen atoms in total. The van der Waals surface area contributed by atoms with Crippen molar-refractivity contribution < 1.29 is 14.3 Å². The van der Waals surface area contributed by atoms with Crippen molar-refractivity contribution >= 4 is 35.2 Å². The van der Waals surface area contributed by atoms with Crippen LogP contribution in [0.3, 0.4) is 0 Å². The van der Waals surface area contributed by atoms with Crippen LogP contribution in [0.25, 0.3) is 0 Å². The van der Waals surface area contributed by atoms with Crippen LogP contribution in [0.5, 0.6) is 0 Å². The van der Waals surface area contributed by atoms with Gasteiger partial charge in [-0.2, -0.15) is 0 Å². The smallest absolute Gasteiger partial charge is 0.221 e. The number of rotatable bonds is 4. The normalized spacial score (nSPS) is 16.6. The second kappa shape index (κ2) is 6.72. The third-order valence-corrected chi connectivity index (χ3v) is 3.48. The number of morpholine rings is 1. The number of amides is 1. The van der Waals surface area contributed by atoms with Gasteiger partial charge < -0.3 is 19.7 Å². The van der Waals surface area contributed by atoms with Gasteiger partial charge in [0.2, 0.25) is 5.91 Å². The molecule has 1 unspecified atom stereocenters. The molecule has 20 heavy (non-hydrogen) atoms. The van der Waals surface area contributed by atoms with Crippen molar-refractivity contribution in [3.63, 3.8) is 0 Å². The quantitative estimate of drug-likeness (QED) is 0.681. The molecule has 0 saturated carbocycles. The summed E-state index contributed by atoms with van der Waals surface area (Å²) in [5, 5.41) is 1.96. The van der Waals surface area contributed by atoms with E-state index in [4.69, 9.17) is 16.3 Å². The molecule has 1 heterocycles. The Bertz CT molecular complexity index is 501. The molecule has 0 aliphatic carbocycles. The van der Waals surface area contributed by atoms with Gasteiger partial charge in [0.15, 0.2) is 0 Å². The Kier molecular flexibility index (Phi) is 4.98. The topological polar surface area (TPSA) is 58.6 Å². The molecule has 0 radical (unpaired) electrons. The minimum atomic E-state index is -0.768. The van der Waals surface area contributed by atoms with E-state index in [1.165, 1.54) is 6.92 Å². The van der Waals surface area contributed by atoms with Gasteiger partial charge >= 0.3 is 0 Å². The van der Waals surface area contributed by atoms with E-state index in [-0.39, 0.29) is 5.91 Å². The van der Waals surface area contributed by atoms with E-state index < -0.39 is 5.38 Å². The highest BCUT2D eigenvalue weighted by Gasteiger charge is 2.17. The molecule has 0 spiro atoms. The molecule has 1 amide bonds. The predicted octanol–water partition coefficient (Wildman–Crippen LogP) is 1.96. The second-order valence-electron chi connectivity index (χ2n) is 4.59. The Morgan fingerprint density at radius 3 is 2.75 bits per heavy atom. The number of alkyl halides is 1. The number of hydrogen-bond acceptors (Lipinski definition) is 4. The van der Waals surface area contributed by atoms with Crippen molar-refractivity contribution in [3.05, 3.63) is 23.8 Å². The summed E-state index contributed by atoms with van der Waals surface area (Å²) in [5.74, 6) is -0.194. The summed E-state index contributed by atoms with van der Waals surface area (Å²) in [6, 6.07) is 5.54. The number of nitrogens with zero attached hydrogens (tertiary/aromatic N) is 1. The maximum Gasteiger partial charge on any atom is 0.221 e. The van der Waals surface area contributed by atoms with Gasteiger partial charge in [-0.3, -0.25) is 4.79 Å². The molecule has 1 saturated heterocycles. The van der Waals surface area contributed by atoms with Gasteiger partial charge in [-0.05, 0) is 12.1 Å². The van der Waals surface area contributed by atoms with Gasteiger partial charge in [-0.25, -0.2) is 0 Å². The van der Waals surface area contributed by atoms with Gasteiger partial charge in [-0.15, -0.1) is 11.6 Å². The van der Waals surface area contributed by atoms with Crippen LogP contribution in [-0.4, -0.2) is 38.5 Å². The number of carbonyl (C=O) groups excluding carboxylic acids is 2. The number of benzene rings is 1. The van der Waals surface area contributed by atoms with E-state index in [9.17, 15) is 9.59 Å². The molecule has 1 fully saturated rings. The number of halogens is 1. The average molecular weight is 297 g/mol. The molecule has 1 aromatic rings. The molecule has 1 aliphatic rings. The highest BCUT2D eigenvalue weighted by molar-refractivity contribution is 6.28. The highest BCUT2D eigenvalue weighted by atomic mass is 35.5. The van der Waals surface area contributed by atoms with E-state index >= 15 is 0 Å². The fourth-order valence-electron chi connectivity index (χ4n) is 2.17. The third-order valence-electron chi connectivity index (χ3n) is 3.14. The first-order chi connectivity index (χ1) is 9.61. The maximum atomic E-state index is 11.3. The predicted molar refractivity (Wildman–Crippen MR) is 78.4 cm³/mol. The second-order valence-corrected chi connectivity index (χ2v) is 5.06. The fraction of sp³-hybridized carbons (Fsp3) is 0.429. The summed E-state index contributed by atoms with van der Waals surface area (Å²) in [5.41, 5.74) is 2.16. The molecule has 0 aromatic heterocycles. The Morgan fingerprint density at radius 2 is 2.15 bits per heavy atom.